The highest BCUT2D eigenvalue weighted by molar-refractivity contribution is 8.00. The van der Waals surface area contributed by atoms with Crippen molar-refractivity contribution in [1.29, 1.82) is 0 Å². The van der Waals surface area contributed by atoms with E-state index in [-0.39, 0.29) is 41.0 Å². The van der Waals surface area contributed by atoms with Crippen molar-refractivity contribution in [3.05, 3.63) is 23.9 Å². The van der Waals surface area contributed by atoms with Crippen LogP contribution in [0.5, 0.6) is 0 Å². The van der Waals surface area contributed by atoms with Gasteiger partial charge in [0.1, 0.15) is 5.56 Å². The molecule has 3 aliphatic carbocycles. The number of pyridine rings is 1. The van der Waals surface area contributed by atoms with Gasteiger partial charge in [-0.1, -0.05) is 0 Å². The predicted octanol–water partition coefficient (Wildman–Crippen LogP) is 1.39. The number of carbonyl (C=O) groups excluding carboxylic acids is 3. The molecule has 3 saturated carbocycles. The zero-order valence-corrected chi connectivity index (χ0v) is 16.2. The van der Waals surface area contributed by atoms with Crippen LogP contribution in [0.15, 0.2) is 23.4 Å². The monoisotopic (exact) mass is 392 g/mol. The molecule has 7 nitrogen and oxygen atoms in total. The molecule has 27 heavy (non-hydrogen) atoms. The van der Waals surface area contributed by atoms with E-state index in [2.05, 4.69) is 4.57 Å². The standard InChI is InChI=1S/C19H22NO6S/c1-24-17(21)11-5-4-8-20-14-9-6-7-10(15(14)27-16(11)20)13(19(23)26-3)12(9)18(22)25-2/h4-5,8-10,12-15H,6-7H2,1-3H3/q+1/t9-,10-,12-,13+,14+,15-/m1/s1. The average Bonchev–Trinajstić information content (AvgIpc) is 3.12. The molecule has 0 N–H and O–H groups in total. The SMILES string of the molecule is COC(=O)c1ccc[n+]2c1S[C@@H]1[C@@H]3CC[C@H]([C@@H](C(=O)OC)[C@H]3C(=O)OC)[C@@H]12. The fourth-order valence-electron chi connectivity index (χ4n) is 5.23. The van der Waals surface area contributed by atoms with Crippen molar-refractivity contribution < 1.29 is 33.2 Å². The van der Waals surface area contributed by atoms with Crippen LogP contribution in [0.1, 0.15) is 29.2 Å². The Bertz CT molecular complexity index is 811. The molecule has 3 fully saturated rings. The summed E-state index contributed by atoms with van der Waals surface area (Å²) in [5.41, 5.74) is 0.517. The van der Waals surface area contributed by atoms with Crippen molar-refractivity contribution in [1.82, 2.24) is 0 Å². The summed E-state index contributed by atoms with van der Waals surface area (Å²) in [5.74, 6) is -2.17. The second-order valence-corrected chi connectivity index (χ2v) is 8.37. The third-order valence-corrected chi connectivity index (χ3v) is 7.79. The largest absolute Gasteiger partial charge is 0.469 e. The van der Waals surface area contributed by atoms with E-state index in [0.29, 0.717) is 5.56 Å². The number of nitrogens with zero attached hydrogens (tertiary/aromatic N) is 1. The van der Waals surface area contributed by atoms with Crippen molar-refractivity contribution in [3.63, 3.8) is 0 Å². The van der Waals surface area contributed by atoms with Crippen LogP contribution in [-0.2, 0) is 23.8 Å². The lowest BCUT2D eigenvalue weighted by Crippen LogP contribution is -2.61. The van der Waals surface area contributed by atoms with Crippen LogP contribution in [0.4, 0.5) is 0 Å². The zero-order valence-electron chi connectivity index (χ0n) is 15.4. The van der Waals surface area contributed by atoms with E-state index in [4.69, 9.17) is 14.2 Å². The van der Waals surface area contributed by atoms with Gasteiger partial charge in [0.05, 0.1) is 38.4 Å². The van der Waals surface area contributed by atoms with Crippen molar-refractivity contribution >= 4 is 29.7 Å². The smallest absolute Gasteiger partial charge is 0.345 e. The number of ether oxygens (including phenoxy) is 3. The Morgan fingerprint density at radius 1 is 1.00 bits per heavy atom. The number of esters is 3. The number of hydrogen-bond donors (Lipinski definition) is 0. The third kappa shape index (κ3) is 2.56. The molecule has 5 rings (SSSR count). The van der Waals surface area contributed by atoms with E-state index >= 15 is 0 Å². The van der Waals surface area contributed by atoms with Crippen LogP contribution >= 0.6 is 11.8 Å². The highest BCUT2D eigenvalue weighted by Crippen LogP contribution is 2.60. The van der Waals surface area contributed by atoms with Gasteiger partial charge in [-0.3, -0.25) is 9.59 Å². The predicted molar refractivity (Wildman–Crippen MR) is 93.9 cm³/mol. The molecule has 0 amide bonds. The molecule has 6 atom stereocenters. The first-order chi connectivity index (χ1) is 13.0. The summed E-state index contributed by atoms with van der Waals surface area (Å²) in [6.45, 7) is 0. The van der Waals surface area contributed by atoms with Crippen LogP contribution in [0, 0.1) is 23.7 Å². The molecule has 0 unspecified atom stereocenters. The minimum Gasteiger partial charge on any atom is -0.469 e. The number of aromatic nitrogens is 1. The van der Waals surface area contributed by atoms with Crippen LogP contribution in [-0.4, -0.2) is 44.5 Å². The molecule has 2 heterocycles. The quantitative estimate of drug-likeness (QED) is 0.437. The molecular formula is C19H22NO6S+. The molecule has 0 saturated heterocycles. The van der Waals surface area contributed by atoms with Gasteiger partial charge in [-0.15, -0.1) is 0 Å². The summed E-state index contributed by atoms with van der Waals surface area (Å²) in [5, 5.41) is 0.949. The molecule has 0 aromatic carbocycles. The number of hydrogen-bond acceptors (Lipinski definition) is 7. The van der Waals surface area contributed by atoms with Gasteiger partial charge in [0.2, 0.25) is 0 Å². The maximum absolute atomic E-state index is 12.6. The van der Waals surface area contributed by atoms with E-state index in [1.807, 2.05) is 12.3 Å². The highest BCUT2D eigenvalue weighted by Gasteiger charge is 2.66. The Balaban J connectivity index is 1.80. The Kier molecular flexibility index (Phi) is 4.61. The highest BCUT2D eigenvalue weighted by atomic mass is 32.2. The van der Waals surface area contributed by atoms with Crippen molar-refractivity contribution in [2.45, 2.75) is 29.2 Å². The number of fused-ring (bicyclic) bond motifs is 3. The van der Waals surface area contributed by atoms with Crippen LogP contribution in [0.3, 0.4) is 0 Å². The molecular weight excluding hydrogens is 370 g/mol. The molecule has 1 aromatic heterocycles. The lowest BCUT2D eigenvalue weighted by Gasteiger charge is -2.49. The summed E-state index contributed by atoms with van der Waals surface area (Å²) in [4.78, 5) is 37.3. The van der Waals surface area contributed by atoms with Gasteiger partial charge >= 0.3 is 17.9 Å². The van der Waals surface area contributed by atoms with Gasteiger partial charge in [0.15, 0.2) is 12.2 Å². The summed E-state index contributed by atoms with van der Waals surface area (Å²) in [6, 6.07) is 3.61. The summed E-state index contributed by atoms with van der Waals surface area (Å²) in [7, 11) is 4.08. The van der Waals surface area contributed by atoms with Crippen LogP contribution < -0.4 is 4.57 Å². The first-order valence-electron chi connectivity index (χ1n) is 8.98. The fraction of sp³-hybridized carbons (Fsp3) is 0.579. The third-order valence-electron chi connectivity index (χ3n) is 6.24. The van der Waals surface area contributed by atoms with Gasteiger partial charge in [-0.05, 0) is 36.6 Å². The van der Waals surface area contributed by atoms with E-state index in [9.17, 15) is 14.4 Å². The first-order valence-corrected chi connectivity index (χ1v) is 9.86. The van der Waals surface area contributed by atoms with Crippen LogP contribution in [0.25, 0.3) is 0 Å². The summed E-state index contributed by atoms with van der Waals surface area (Å²) < 4.78 is 17.1. The van der Waals surface area contributed by atoms with Gasteiger partial charge in [-0.25, -0.2) is 4.79 Å². The van der Waals surface area contributed by atoms with E-state index in [1.54, 1.807) is 17.8 Å². The van der Waals surface area contributed by atoms with Crippen molar-refractivity contribution in [2.75, 3.05) is 21.3 Å². The first kappa shape index (κ1) is 18.3. The molecule has 144 valence electrons. The topological polar surface area (TPSA) is 82.8 Å². The average molecular weight is 392 g/mol. The second-order valence-electron chi connectivity index (χ2n) is 7.20. The summed E-state index contributed by atoms with van der Waals surface area (Å²) >= 11 is 1.61. The van der Waals surface area contributed by atoms with Gasteiger partial charge in [-0.2, -0.15) is 4.57 Å². The lowest BCUT2D eigenvalue weighted by molar-refractivity contribution is -0.762. The molecule has 0 spiro atoms. The molecule has 1 aliphatic heterocycles. The van der Waals surface area contributed by atoms with Crippen LogP contribution in [0.2, 0.25) is 0 Å². The number of carbonyl (C=O) groups is 3. The fourth-order valence-corrected chi connectivity index (χ4v) is 7.02. The maximum Gasteiger partial charge on any atom is 0.345 e. The molecule has 1 aromatic rings. The van der Waals surface area contributed by atoms with Crippen molar-refractivity contribution in [2.24, 2.45) is 23.7 Å². The molecule has 2 bridgehead atoms. The van der Waals surface area contributed by atoms with E-state index in [0.717, 1.165) is 17.9 Å². The Labute approximate surface area is 161 Å². The minimum atomic E-state index is -0.525. The second kappa shape index (κ2) is 6.82. The van der Waals surface area contributed by atoms with Crippen molar-refractivity contribution in [3.8, 4) is 0 Å². The van der Waals surface area contributed by atoms with Gasteiger partial charge in [0.25, 0.3) is 5.03 Å². The Morgan fingerprint density at radius 2 is 1.63 bits per heavy atom. The van der Waals surface area contributed by atoms with E-state index in [1.165, 1.54) is 21.3 Å². The maximum atomic E-state index is 12.6. The normalized spacial score (nSPS) is 33.0. The molecule has 8 heteroatoms. The summed E-state index contributed by atoms with van der Waals surface area (Å²) in [6.07, 6.45) is 3.64. The van der Waals surface area contributed by atoms with Gasteiger partial charge in [0, 0.05) is 12.0 Å². The minimum absolute atomic E-state index is 0.00746. The molecule has 4 aliphatic rings. The number of methoxy groups -OCH3 is 3. The Hall–Kier alpha value is -2.09. The van der Waals surface area contributed by atoms with Gasteiger partial charge < -0.3 is 14.2 Å². The zero-order chi connectivity index (χ0) is 19.3. The number of rotatable bonds is 3. The van der Waals surface area contributed by atoms with E-state index < -0.39 is 11.8 Å². The number of thioether (sulfide) groups is 1. The Morgan fingerprint density at radius 3 is 2.26 bits per heavy atom. The molecule has 0 radical (unpaired) electrons. The lowest BCUT2D eigenvalue weighted by atomic mass is 9.56.